The molecule has 1 saturated heterocycles. The molecule has 2 aromatic carbocycles. The molecule has 1 amide bonds. The highest BCUT2D eigenvalue weighted by molar-refractivity contribution is 6.07. The number of nitrogens with two attached hydrogens (primary N) is 1. The maximum Gasteiger partial charge on any atom is 0.265 e. The Labute approximate surface area is 185 Å². The van der Waals surface area contributed by atoms with E-state index in [1.165, 1.54) is 4.57 Å². The highest BCUT2D eigenvalue weighted by Gasteiger charge is 2.29. The lowest BCUT2D eigenvalue weighted by Crippen LogP contribution is -2.38. The first kappa shape index (κ1) is 20.3. The SMILES string of the molecule is Cc1ccc2nc(C3CCN(c4c(C(N)=O)c(=O)n(C)c5ccc(C)cc45)CC3)oc2c1. The Morgan fingerprint density at radius 1 is 1.09 bits per heavy atom. The number of hydrogen-bond acceptors (Lipinski definition) is 5. The van der Waals surface area contributed by atoms with E-state index in [1.807, 2.05) is 50.2 Å². The lowest BCUT2D eigenvalue weighted by Gasteiger charge is -2.34. The molecule has 0 saturated carbocycles. The average molecular weight is 431 g/mol. The van der Waals surface area contributed by atoms with Crippen LogP contribution in [0.4, 0.5) is 5.69 Å². The molecule has 7 nitrogen and oxygen atoms in total. The van der Waals surface area contributed by atoms with Crippen LogP contribution in [-0.2, 0) is 7.05 Å². The third-order valence-corrected chi connectivity index (χ3v) is 6.49. The lowest BCUT2D eigenvalue weighted by molar-refractivity contribution is 0.0999. The second-order valence-corrected chi connectivity index (χ2v) is 8.76. The summed E-state index contributed by atoms with van der Waals surface area (Å²) >= 11 is 0. The normalized spacial score (nSPS) is 15.0. The van der Waals surface area contributed by atoms with Gasteiger partial charge in [-0.25, -0.2) is 4.98 Å². The van der Waals surface area contributed by atoms with Crippen LogP contribution >= 0.6 is 0 Å². The molecule has 1 aliphatic heterocycles. The first-order valence-corrected chi connectivity index (χ1v) is 10.9. The predicted octanol–water partition coefficient (Wildman–Crippen LogP) is 3.78. The van der Waals surface area contributed by atoms with Crippen LogP contribution in [0.1, 0.15) is 46.1 Å². The molecular formula is C25H26N4O3. The van der Waals surface area contributed by atoms with Crippen LogP contribution in [0.15, 0.2) is 45.6 Å². The highest BCUT2D eigenvalue weighted by atomic mass is 16.3. The number of anilines is 1. The van der Waals surface area contributed by atoms with E-state index in [0.717, 1.165) is 51.9 Å². The molecule has 7 heteroatoms. The van der Waals surface area contributed by atoms with Gasteiger partial charge in [-0.1, -0.05) is 17.7 Å². The summed E-state index contributed by atoms with van der Waals surface area (Å²) in [6.45, 7) is 5.39. The average Bonchev–Trinajstić information content (AvgIpc) is 3.19. The molecule has 2 N–H and O–H groups in total. The van der Waals surface area contributed by atoms with Gasteiger partial charge in [-0.2, -0.15) is 0 Å². The van der Waals surface area contributed by atoms with Gasteiger partial charge < -0.3 is 19.6 Å². The Morgan fingerprint density at radius 3 is 2.50 bits per heavy atom. The van der Waals surface area contributed by atoms with Gasteiger partial charge in [0.15, 0.2) is 11.5 Å². The third kappa shape index (κ3) is 3.25. The number of aryl methyl sites for hydroxylation is 3. The molecule has 1 aliphatic rings. The maximum atomic E-state index is 13.0. The number of rotatable bonds is 3. The van der Waals surface area contributed by atoms with Crippen LogP contribution < -0.4 is 16.2 Å². The molecule has 0 atom stereocenters. The van der Waals surface area contributed by atoms with Crippen molar-refractivity contribution in [3.8, 4) is 0 Å². The molecule has 0 spiro atoms. The predicted molar refractivity (Wildman–Crippen MR) is 125 cm³/mol. The molecule has 4 aromatic rings. The number of fused-ring (bicyclic) bond motifs is 2. The summed E-state index contributed by atoms with van der Waals surface area (Å²) in [4.78, 5) is 32.1. The second-order valence-electron chi connectivity index (χ2n) is 8.76. The monoisotopic (exact) mass is 430 g/mol. The van der Waals surface area contributed by atoms with Crippen molar-refractivity contribution in [3.05, 3.63) is 69.3 Å². The summed E-state index contributed by atoms with van der Waals surface area (Å²) in [5.74, 6) is 0.251. The van der Waals surface area contributed by atoms with Crippen LogP contribution in [0.25, 0.3) is 22.0 Å². The summed E-state index contributed by atoms with van der Waals surface area (Å²) in [7, 11) is 1.68. The van der Waals surface area contributed by atoms with Crippen molar-refractivity contribution in [2.45, 2.75) is 32.6 Å². The van der Waals surface area contributed by atoms with Crippen LogP contribution in [-0.4, -0.2) is 28.5 Å². The number of hydrogen-bond donors (Lipinski definition) is 1. The number of pyridine rings is 1. The van der Waals surface area contributed by atoms with Gasteiger partial charge in [0.25, 0.3) is 11.5 Å². The van der Waals surface area contributed by atoms with Crippen molar-refractivity contribution >= 4 is 33.6 Å². The molecule has 0 unspecified atom stereocenters. The summed E-state index contributed by atoms with van der Waals surface area (Å²) in [5, 5.41) is 0.872. The Kier molecular flexibility index (Phi) is 4.77. The molecule has 2 aromatic heterocycles. The van der Waals surface area contributed by atoms with Gasteiger partial charge in [0, 0.05) is 31.4 Å². The van der Waals surface area contributed by atoms with E-state index in [0.29, 0.717) is 18.8 Å². The van der Waals surface area contributed by atoms with Gasteiger partial charge in [0.05, 0.1) is 11.2 Å². The minimum Gasteiger partial charge on any atom is -0.440 e. The maximum absolute atomic E-state index is 13.0. The minimum absolute atomic E-state index is 0.0568. The molecule has 3 heterocycles. The van der Waals surface area contributed by atoms with Gasteiger partial charge >= 0.3 is 0 Å². The van der Waals surface area contributed by atoms with E-state index < -0.39 is 5.91 Å². The van der Waals surface area contributed by atoms with Crippen molar-refractivity contribution in [2.24, 2.45) is 12.8 Å². The van der Waals surface area contributed by atoms with Crippen LogP contribution in [0.2, 0.25) is 0 Å². The lowest BCUT2D eigenvalue weighted by atomic mass is 9.95. The van der Waals surface area contributed by atoms with E-state index in [9.17, 15) is 9.59 Å². The van der Waals surface area contributed by atoms with E-state index >= 15 is 0 Å². The first-order chi connectivity index (χ1) is 15.3. The summed E-state index contributed by atoms with van der Waals surface area (Å²) in [5.41, 5.74) is 10.7. The van der Waals surface area contributed by atoms with Crippen LogP contribution in [0.5, 0.6) is 0 Å². The highest BCUT2D eigenvalue weighted by Crippen LogP contribution is 2.36. The topological polar surface area (TPSA) is 94.4 Å². The number of nitrogens with zero attached hydrogens (tertiary/aromatic N) is 3. The summed E-state index contributed by atoms with van der Waals surface area (Å²) < 4.78 is 7.56. The Bertz CT molecular complexity index is 1420. The zero-order valence-electron chi connectivity index (χ0n) is 18.5. The van der Waals surface area contributed by atoms with E-state index in [-0.39, 0.29) is 17.0 Å². The molecule has 164 valence electrons. The number of primary amides is 1. The second kappa shape index (κ2) is 7.51. The summed E-state index contributed by atoms with van der Waals surface area (Å²) in [6, 6.07) is 11.9. The zero-order valence-corrected chi connectivity index (χ0v) is 18.5. The fourth-order valence-electron chi connectivity index (χ4n) is 4.77. The number of piperidine rings is 1. The fraction of sp³-hybridized carbons (Fsp3) is 0.320. The number of oxazole rings is 1. The van der Waals surface area contributed by atoms with E-state index in [1.54, 1.807) is 7.05 Å². The molecule has 0 radical (unpaired) electrons. The van der Waals surface area contributed by atoms with Crippen molar-refractivity contribution in [1.82, 2.24) is 9.55 Å². The van der Waals surface area contributed by atoms with Gasteiger partial charge in [-0.05, 0) is 56.5 Å². The van der Waals surface area contributed by atoms with Crippen LogP contribution in [0, 0.1) is 13.8 Å². The van der Waals surface area contributed by atoms with Crippen molar-refractivity contribution < 1.29 is 9.21 Å². The first-order valence-electron chi connectivity index (χ1n) is 10.9. The van der Waals surface area contributed by atoms with Crippen molar-refractivity contribution in [1.29, 1.82) is 0 Å². The smallest absolute Gasteiger partial charge is 0.265 e. The largest absolute Gasteiger partial charge is 0.440 e. The van der Waals surface area contributed by atoms with Gasteiger partial charge in [-0.15, -0.1) is 0 Å². The molecule has 0 bridgehead atoms. The number of amides is 1. The Hall–Kier alpha value is -3.61. The van der Waals surface area contributed by atoms with E-state index in [4.69, 9.17) is 15.1 Å². The fourth-order valence-corrected chi connectivity index (χ4v) is 4.77. The summed E-state index contributed by atoms with van der Waals surface area (Å²) in [6.07, 6.45) is 1.62. The molecule has 0 aliphatic carbocycles. The standard InChI is InChI=1S/C25H26N4O3/c1-14-5-7-19-17(12-14)22(21(23(26)30)25(31)28(19)3)29-10-8-16(9-11-29)24-27-18-6-4-15(2)13-20(18)32-24/h4-7,12-13,16H,8-11H2,1-3H3,(H2,26,30). The Morgan fingerprint density at radius 2 is 1.78 bits per heavy atom. The minimum atomic E-state index is -0.694. The zero-order chi connectivity index (χ0) is 22.6. The molecule has 32 heavy (non-hydrogen) atoms. The van der Waals surface area contributed by atoms with Gasteiger partial charge in [-0.3, -0.25) is 9.59 Å². The van der Waals surface area contributed by atoms with Gasteiger partial charge in [0.1, 0.15) is 11.1 Å². The molecule has 1 fully saturated rings. The van der Waals surface area contributed by atoms with Crippen molar-refractivity contribution in [3.63, 3.8) is 0 Å². The third-order valence-electron chi connectivity index (χ3n) is 6.49. The number of carbonyl (C=O) groups excluding carboxylic acids is 1. The molecule has 5 rings (SSSR count). The quantitative estimate of drug-likeness (QED) is 0.534. The number of carbonyl (C=O) groups is 1. The number of aromatic nitrogens is 2. The Balaban J connectivity index is 1.52. The van der Waals surface area contributed by atoms with Gasteiger partial charge in [0.2, 0.25) is 0 Å². The van der Waals surface area contributed by atoms with Crippen molar-refractivity contribution in [2.75, 3.05) is 18.0 Å². The number of benzene rings is 2. The molecular weight excluding hydrogens is 404 g/mol. The van der Waals surface area contributed by atoms with E-state index in [2.05, 4.69) is 4.90 Å². The van der Waals surface area contributed by atoms with Crippen LogP contribution in [0.3, 0.4) is 0 Å².